The molecule has 2 saturated carbocycles. The maximum Gasteiger partial charge on any atom is 0.311 e. The Hall–Kier alpha value is -9.28. The largest absolute Gasteiger partial charge is 0.466 e. The molecule has 3 aromatic heterocycles. The summed E-state index contributed by atoms with van der Waals surface area (Å²) in [5, 5.41) is 48.7. The molecule has 8 aromatic carbocycles. The lowest BCUT2D eigenvalue weighted by Gasteiger charge is -2.30. The minimum absolute atomic E-state index is 0.0529. The summed E-state index contributed by atoms with van der Waals surface area (Å²) in [6, 6.07) is 50.5. The number of hydrogen-bond acceptors (Lipinski definition) is 10. The van der Waals surface area contributed by atoms with Crippen LogP contribution in [0.3, 0.4) is 0 Å². The quantitative estimate of drug-likeness (QED) is 0.0430. The van der Waals surface area contributed by atoms with Gasteiger partial charge in [-0.15, -0.1) is 0 Å². The van der Waals surface area contributed by atoms with Crippen molar-refractivity contribution in [3.8, 4) is 17.1 Å². The van der Waals surface area contributed by atoms with E-state index in [1.54, 1.807) is 37.3 Å². The SMILES string of the molecule is CCOC(=O)[C@@H]1C2CCC(C2)[C@@H]1NC(=O)c1nn(-c2ccc(F)cc2F)c2c1CCCCC2Cc1cccc(F)c1.O=C(N[C@@H]1c2ccccc2C[C@@H]1O)c1nn(-c2ccc(Cl)cc2Cl)c2c1CCCC[C@@H]2Cc1cccc(Cl)c1.O=C(N[C@@H]1c2ccccc2C[C@@H]1O)c1nn(-c2ccc(Cl)cc2Cl)c2c1CCCC[C@H]2Cc1cccc(Cl)c1. The molecule has 616 valence electrons. The highest BCUT2D eigenvalue weighted by molar-refractivity contribution is 6.36. The number of carbonyl (C=O) groups is 4. The van der Waals surface area contributed by atoms with Crippen LogP contribution in [-0.2, 0) is 60.9 Å². The van der Waals surface area contributed by atoms with E-state index in [1.165, 1.54) is 28.9 Å². The molecule has 0 saturated heterocycles. The Morgan fingerprint density at radius 1 is 0.445 bits per heavy atom. The molecular formula is C94H90Cl6F3N9O7. The van der Waals surface area contributed by atoms with Crippen LogP contribution < -0.4 is 16.0 Å². The number of esters is 1. The molecule has 2 bridgehead atoms. The first kappa shape index (κ1) is 83.4. The highest BCUT2D eigenvalue weighted by atomic mass is 35.5. The third-order valence-corrected chi connectivity index (χ3v) is 26.4. The van der Waals surface area contributed by atoms with Crippen molar-refractivity contribution in [3.05, 3.63) is 313 Å². The van der Waals surface area contributed by atoms with Gasteiger partial charge in [0.25, 0.3) is 17.7 Å². The molecular weight excluding hydrogens is 1640 g/mol. The normalized spacial score (nSPS) is 21.9. The molecule has 5 N–H and O–H groups in total. The minimum atomic E-state index is -0.786. The number of amides is 3. The Kier molecular flexibility index (Phi) is 25.6. The Balaban J connectivity index is 0.000000133. The predicted molar refractivity (Wildman–Crippen MR) is 457 cm³/mol. The topological polar surface area (TPSA) is 208 Å². The standard InChI is InChI=1S/C32H34F3N3O3.2C31H28Cl3N3O2/c1-2-41-32(40)27-19-10-11-20(16-19)28(27)36-31(39)29-24-9-4-3-7-21(14-18-6-5-8-22(33)15-18)30(24)38(37-29)26-13-12-23(34)17-25(26)35;2*32-21-9-5-6-18(15-21)14-20-8-2-4-11-24-29(36-37(30(20)24)26-13-12-22(33)17-25(26)34)31(39)35-28-23-10-3-1-7-19(23)16-27(28)38/h5-6,8,12-13,15,17,19-21,27-28H,2-4,7,9-11,14,16H2,1H3,(H,36,39);2*1,3,5-7,9-10,12-13,15,17,20,27-28,38H,2,4,8,11,14,16H2,(H,35,39)/t19?,20?,21?,27-,28+;20-,27+,28-;20-,27-,28+/m110/s1. The molecule has 3 unspecified atom stereocenters. The van der Waals surface area contributed by atoms with Crippen LogP contribution in [0.25, 0.3) is 17.1 Å². The molecule has 18 rings (SSSR count). The van der Waals surface area contributed by atoms with E-state index in [0.29, 0.717) is 84.3 Å². The first-order valence-electron chi connectivity index (χ1n) is 41.2. The van der Waals surface area contributed by atoms with E-state index in [2.05, 4.69) is 33.2 Å². The molecule has 2 fully saturated rings. The second kappa shape index (κ2) is 36.6. The van der Waals surface area contributed by atoms with Crippen LogP contribution in [0.2, 0.25) is 30.1 Å². The van der Waals surface area contributed by atoms with Crippen molar-refractivity contribution in [2.24, 2.45) is 17.8 Å². The summed E-state index contributed by atoms with van der Waals surface area (Å²) in [6.07, 6.45) is 14.7. The number of halogens is 9. The number of benzene rings is 8. The molecule has 3 heterocycles. The van der Waals surface area contributed by atoms with Gasteiger partial charge in [0.2, 0.25) is 0 Å². The van der Waals surface area contributed by atoms with E-state index in [-0.39, 0.29) is 77.2 Å². The lowest BCUT2D eigenvalue weighted by atomic mass is 9.84. The lowest BCUT2D eigenvalue weighted by Crippen LogP contribution is -2.47. The van der Waals surface area contributed by atoms with Gasteiger partial charge >= 0.3 is 5.97 Å². The van der Waals surface area contributed by atoms with Crippen molar-refractivity contribution >= 4 is 93.3 Å². The van der Waals surface area contributed by atoms with Crippen molar-refractivity contribution < 1.29 is 47.3 Å². The summed E-state index contributed by atoms with van der Waals surface area (Å²) in [7, 11) is 0. The number of ether oxygens (including phenoxy) is 1. The highest BCUT2D eigenvalue weighted by Crippen LogP contribution is 2.50. The van der Waals surface area contributed by atoms with Gasteiger partial charge in [0.15, 0.2) is 22.9 Å². The van der Waals surface area contributed by atoms with E-state index in [9.17, 15) is 38.2 Å². The van der Waals surface area contributed by atoms with Crippen LogP contribution >= 0.6 is 69.6 Å². The number of aliphatic hydroxyl groups excluding tert-OH is 2. The molecule has 11 atom stereocenters. The summed E-state index contributed by atoms with van der Waals surface area (Å²) in [5.74, 6) is -3.06. The van der Waals surface area contributed by atoms with Gasteiger partial charge in [-0.1, -0.05) is 174 Å². The fourth-order valence-electron chi connectivity index (χ4n) is 19.6. The maximum atomic E-state index is 15.2. The van der Waals surface area contributed by atoms with Gasteiger partial charge in [-0.25, -0.2) is 27.2 Å². The average molecular weight is 1730 g/mol. The number of aliphatic hydroxyl groups is 2. The minimum Gasteiger partial charge on any atom is -0.466 e. The molecule has 7 aliphatic carbocycles. The zero-order valence-corrected chi connectivity index (χ0v) is 70.0. The number of rotatable bonds is 17. The molecule has 0 radical (unpaired) electrons. The van der Waals surface area contributed by atoms with Crippen molar-refractivity contribution in [2.45, 2.75) is 183 Å². The molecule has 0 aliphatic heterocycles. The zero-order valence-electron chi connectivity index (χ0n) is 65.5. The summed E-state index contributed by atoms with van der Waals surface area (Å²) in [6.45, 7) is 2.05. The lowest BCUT2D eigenvalue weighted by molar-refractivity contribution is -0.150. The van der Waals surface area contributed by atoms with Gasteiger partial charge in [-0.2, -0.15) is 15.3 Å². The van der Waals surface area contributed by atoms with Gasteiger partial charge < -0.3 is 30.9 Å². The second-order valence-electron chi connectivity index (χ2n) is 32.4. The van der Waals surface area contributed by atoms with Crippen LogP contribution in [0, 0.1) is 35.2 Å². The van der Waals surface area contributed by atoms with Crippen LogP contribution in [0.15, 0.2) is 176 Å². The fourth-order valence-corrected chi connectivity index (χ4v) is 21.0. The first-order valence-corrected chi connectivity index (χ1v) is 43.4. The maximum absolute atomic E-state index is 15.2. The van der Waals surface area contributed by atoms with E-state index in [4.69, 9.17) is 84.5 Å². The van der Waals surface area contributed by atoms with E-state index in [0.717, 1.165) is 176 Å². The first-order chi connectivity index (χ1) is 57.6. The van der Waals surface area contributed by atoms with Gasteiger partial charge in [-0.3, -0.25) is 19.2 Å². The molecule has 25 heteroatoms. The number of carbonyl (C=O) groups excluding carboxylic acids is 4. The number of aromatic nitrogens is 6. The van der Waals surface area contributed by atoms with Crippen molar-refractivity contribution in [1.29, 1.82) is 0 Å². The molecule has 16 nitrogen and oxygen atoms in total. The Bertz CT molecular complexity index is 5430. The van der Waals surface area contributed by atoms with E-state index >= 15 is 4.39 Å². The van der Waals surface area contributed by atoms with Gasteiger partial charge in [0.1, 0.15) is 17.3 Å². The zero-order chi connectivity index (χ0) is 82.9. The molecule has 119 heavy (non-hydrogen) atoms. The van der Waals surface area contributed by atoms with Crippen molar-refractivity contribution in [1.82, 2.24) is 45.3 Å². The number of fused-ring (bicyclic) bond motifs is 7. The number of hydrogen-bond donors (Lipinski definition) is 5. The van der Waals surface area contributed by atoms with Crippen molar-refractivity contribution in [2.75, 3.05) is 6.61 Å². The Morgan fingerprint density at radius 3 is 1.30 bits per heavy atom. The number of nitrogens with zero attached hydrogens (tertiary/aromatic N) is 6. The van der Waals surface area contributed by atoms with Crippen LogP contribution in [-0.4, -0.2) is 88.1 Å². The summed E-state index contributed by atoms with van der Waals surface area (Å²) >= 11 is 38.4. The smallest absolute Gasteiger partial charge is 0.311 e. The second-order valence-corrected chi connectivity index (χ2v) is 35.0. The Morgan fingerprint density at radius 2 is 0.857 bits per heavy atom. The summed E-state index contributed by atoms with van der Waals surface area (Å²) < 4.78 is 53.5. The number of nitrogens with one attached hydrogen (secondary N) is 3. The molecule has 3 amide bonds. The van der Waals surface area contributed by atoms with Gasteiger partial charge in [-0.05, 0) is 239 Å². The summed E-state index contributed by atoms with van der Waals surface area (Å²) in [5.41, 5.74) is 14.7. The van der Waals surface area contributed by atoms with Crippen LogP contribution in [0.1, 0.15) is 218 Å². The van der Waals surface area contributed by atoms with E-state index in [1.807, 2.05) is 112 Å². The average Bonchev–Trinajstić information content (AvgIpc) is 1.62. The molecule has 11 aromatic rings. The van der Waals surface area contributed by atoms with Crippen LogP contribution in [0.5, 0.6) is 0 Å². The van der Waals surface area contributed by atoms with Gasteiger partial charge in [0.05, 0.1) is 75.3 Å². The van der Waals surface area contributed by atoms with E-state index < -0.39 is 47.8 Å². The fraction of sp³-hybridized carbons (Fsp3) is 0.351. The summed E-state index contributed by atoms with van der Waals surface area (Å²) in [4.78, 5) is 54.5. The predicted octanol–water partition coefficient (Wildman–Crippen LogP) is 20.6. The monoisotopic (exact) mass is 1720 g/mol. The highest BCUT2D eigenvalue weighted by Gasteiger charge is 2.53. The Labute approximate surface area is 719 Å². The molecule has 7 aliphatic rings. The third-order valence-electron chi connectivity index (χ3n) is 24.8. The third kappa shape index (κ3) is 17.9. The van der Waals surface area contributed by atoms with Crippen molar-refractivity contribution in [3.63, 3.8) is 0 Å². The van der Waals surface area contributed by atoms with Crippen LogP contribution in [0.4, 0.5) is 13.2 Å². The molecule has 0 spiro atoms. The van der Waals surface area contributed by atoms with Gasteiger partial charge in [0, 0.05) is 79.5 Å².